The highest BCUT2D eigenvalue weighted by Gasteiger charge is 2.11. The second kappa shape index (κ2) is 6.15. The molecule has 19 heavy (non-hydrogen) atoms. The highest BCUT2D eigenvalue weighted by Crippen LogP contribution is 2.13. The van der Waals surface area contributed by atoms with Crippen molar-refractivity contribution in [2.75, 3.05) is 23.9 Å². The van der Waals surface area contributed by atoms with Crippen LogP contribution in [-0.4, -0.2) is 44.1 Å². The summed E-state index contributed by atoms with van der Waals surface area (Å²) in [5, 5.41) is 16.4. The Balaban J connectivity index is 1.80. The molecule has 10 nitrogen and oxygen atoms in total. The van der Waals surface area contributed by atoms with E-state index in [1.54, 1.807) is 0 Å². The number of nitrogen functional groups attached to an aromatic ring is 1. The minimum absolute atomic E-state index is 0.0205. The van der Waals surface area contributed by atoms with Gasteiger partial charge in [-0.05, 0) is 0 Å². The summed E-state index contributed by atoms with van der Waals surface area (Å²) in [4.78, 5) is 15.4. The summed E-state index contributed by atoms with van der Waals surface area (Å²) >= 11 is 1.13. The summed E-state index contributed by atoms with van der Waals surface area (Å²) < 4.78 is 9.91. The lowest BCUT2D eigenvalue weighted by atomic mass is 10.7. The number of ether oxygens (including phenoxy) is 1. The summed E-state index contributed by atoms with van der Waals surface area (Å²) in [6.07, 6.45) is 0. The van der Waals surface area contributed by atoms with Crippen molar-refractivity contribution in [3.05, 3.63) is 5.89 Å². The number of hydrogen-bond donors (Lipinski definition) is 3. The van der Waals surface area contributed by atoms with Gasteiger partial charge >= 0.3 is 6.01 Å². The van der Waals surface area contributed by atoms with Gasteiger partial charge in [-0.25, -0.2) is 5.10 Å². The number of anilines is 2. The molecule has 0 saturated heterocycles. The minimum Gasteiger partial charge on any atom is -0.405 e. The normalized spacial score (nSPS) is 10.6. The van der Waals surface area contributed by atoms with E-state index in [9.17, 15) is 4.79 Å². The first-order valence-corrected chi connectivity index (χ1v) is 6.08. The van der Waals surface area contributed by atoms with Gasteiger partial charge in [0.2, 0.25) is 22.9 Å². The van der Waals surface area contributed by atoms with E-state index in [2.05, 4.69) is 30.7 Å². The summed E-state index contributed by atoms with van der Waals surface area (Å²) in [5.41, 5.74) is 5.35. The number of carbonyl (C=O) groups is 1. The Morgan fingerprint density at radius 2 is 2.42 bits per heavy atom. The largest absolute Gasteiger partial charge is 0.405 e. The molecule has 0 aromatic carbocycles. The van der Waals surface area contributed by atoms with Gasteiger partial charge in [0.15, 0.2) is 0 Å². The number of amides is 1. The molecule has 0 bridgehead atoms. The van der Waals surface area contributed by atoms with Crippen LogP contribution in [0.3, 0.4) is 0 Å². The van der Waals surface area contributed by atoms with Crippen LogP contribution in [0.1, 0.15) is 5.89 Å². The van der Waals surface area contributed by atoms with Gasteiger partial charge in [-0.15, -0.1) is 10.2 Å². The molecule has 102 valence electrons. The lowest BCUT2D eigenvalue weighted by Crippen LogP contribution is -2.14. The molecule has 1 amide bonds. The van der Waals surface area contributed by atoms with Crippen LogP contribution in [0.25, 0.3) is 0 Å². The van der Waals surface area contributed by atoms with Crippen molar-refractivity contribution in [3.8, 4) is 0 Å². The van der Waals surface area contributed by atoms with E-state index in [4.69, 9.17) is 14.9 Å². The van der Waals surface area contributed by atoms with Crippen molar-refractivity contribution in [1.82, 2.24) is 25.4 Å². The molecule has 0 fully saturated rings. The number of aromatic amines is 1. The zero-order valence-corrected chi connectivity index (χ0v) is 10.7. The van der Waals surface area contributed by atoms with Crippen molar-refractivity contribution in [2.45, 2.75) is 11.8 Å². The third-order valence-electron chi connectivity index (χ3n) is 1.80. The van der Waals surface area contributed by atoms with Gasteiger partial charge in [0.25, 0.3) is 0 Å². The van der Waals surface area contributed by atoms with Crippen molar-refractivity contribution in [1.29, 1.82) is 0 Å². The van der Waals surface area contributed by atoms with Gasteiger partial charge in [-0.1, -0.05) is 16.9 Å². The van der Waals surface area contributed by atoms with Crippen LogP contribution in [0.4, 0.5) is 12.0 Å². The zero-order chi connectivity index (χ0) is 13.7. The third kappa shape index (κ3) is 3.93. The maximum absolute atomic E-state index is 11.6. The maximum Gasteiger partial charge on any atom is 0.322 e. The van der Waals surface area contributed by atoms with Gasteiger partial charge in [-0.3, -0.25) is 10.1 Å². The van der Waals surface area contributed by atoms with E-state index in [-0.39, 0.29) is 36.1 Å². The number of H-pyrrole nitrogens is 1. The summed E-state index contributed by atoms with van der Waals surface area (Å²) in [5.74, 6) is 0.261. The number of aromatic nitrogens is 5. The fourth-order valence-electron chi connectivity index (χ4n) is 1.09. The van der Waals surface area contributed by atoms with Crippen LogP contribution < -0.4 is 11.1 Å². The molecule has 2 rings (SSSR count). The topological polar surface area (TPSA) is 145 Å². The number of nitrogens with one attached hydrogen (secondary N) is 2. The first kappa shape index (κ1) is 13.3. The molecule has 0 unspecified atom stereocenters. The number of nitrogens with two attached hydrogens (primary N) is 1. The fourth-order valence-corrected chi connectivity index (χ4v) is 1.70. The molecule has 2 heterocycles. The highest BCUT2D eigenvalue weighted by molar-refractivity contribution is 7.99. The van der Waals surface area contributed by atoms with E-state index < -0.39 is 0 Å². The standard InChI is InChI=1S/C8H11N7O3S/c1-17-2-5-12-14-7(18-5)10-4(16)3-19-8-11-6(9)13-15-8/h2-3H2,1H3,(H,10,14,16)(H3,9,11,13,15). The molecule has 11 heteroatoms. The van der Waals surface area contributed by atoms with E-state index in [0.717, 1.165) is 11.8 Å². The highest BCUT2D eigenvalue weighted by atomic mass is 32.2. The zero-order valence-electron chi connectivity index (χ0n) is 9.91. The molecule has 0 aliphatic carbocycles. The fraction of sp³-hybridized carbons (Fsp3) is 0.375. The average Bonchev–Trinajstić information content (AvgIpc) is 2.97. The van der Waals surface area contributed by atoms with Gasteiger partial charge in [0.1, 0.15) is 6.61 Å². The molecule has 2 aromatic rings. The second-order valence-electron chi connectivity index (χ2n) is 3.27. The predicted octanol–water partition coefficient (Wildman–Crippen LogP) is -0.353. The summed E-state index contributed by atoms with van der Waals surface area (Å²) in [6, 6.07) is 0.0205. The van der Waals surface area contributed by atoms with Gasteiger partial charge in [-0.2, -0.15) is 4.98 Å². The van der Waals surface area contributed by atoms with Crippen LogP contribution in [0.5, 0.6) is 0 Å². The molecule has 0 atom stereocenters. The van der Waals surface area contributed by atoms with Gasteiger partial charge < -0.3 is 14.9 Å². The Hall–Kier alpha value is -2.14. The average molecular weight is 285 g/mol. The first-order valence-electron chi connectivity index (χ1n) is 5.09. The molecule has 0 aliphatic heterocycles. The Kier molecular flexibility index (Phi) is 4.30. The van der Waals surface area contributed by atoms with Crippen LogP contribution in [-0.2, 0) is 16.1 Å². The lowest BCUT2D eigenvalue weighted by Gasteiger charge is -1.97. The van der Waals surface area contributed by atoms with Crippen molar-refractivity contribution in [3.63, 3.8) is 0 Å². The Morgan fingerprint density at radius 3 is 3.11 bits per heavy atom. The van der Waals surface area contributed by atoms with Crippen molar-refractivity contribution in [2.24, 2.45) is 0 Å². The van der Waals surface area contributed by atoms with E-state index in [1.165, 1.54) is 7.11 Å². The third-order valence-corrected chi connectivity index (χ3v) is 2.64. The lowest BCUT2D eigenvalue weighted by molar-refractivity contribution is -0.113. The van der Waals surface area contributed by atoms with Crippen LogP contribution in [0.15, 0.2) is 9.57 Å². The monoisotopic (exact) mass is 285 g/mol. The van der Waals surface area contributed by atoms with Crippen molar-refractivity contribution >= 4 is 29.6 Å². The number of rotatable bonds is 6. The molecule has 0 spiro atoms. The molecule has 0 radical (unpaired) electrons. The quantitative estimate of drug-likeness (QED) is 0.606. The molecular weight excluding hydrogens is 274 g/mol. The predicted molar refractivity (Wildman–Crippen MR) is 65.2 cm³/mol. The number of nitrogens with zero attached hydrogens (tertiary/aromatic N) is 4. The number of carbonyl (C=O) groups excluding carboxylic acids is 1. The van der Waals surface area contributed by atoms with E-state index in [0.29, 0.717) is 5.16 Å². The van der Waals surface area contributed by atoms with Crippen LogP contribution in [0, 0.1) is 0 Å². The second-order valence-corrected chi connectivity index (χ2v) is 4.22. The molecule has 0 saturated carbocycles. The van der Waals surface area contributed by atoms with Crippen LogP contribution in [0.2, 0.25) is 0 Å². The minimum atomic E-state index is -0.319. The van der Waals surface area contributed by atoms with E-state index in [1.807, 2.05) is 0 Å². The SMILES string of the molecule is COCc1nnc(NC(=O)CSc2n[nH]c(N)n2)o1. The Morgan fingerprint density at radius 1 is 1.58 bits per heavy atom. The van der Waals surface area contributed by atoms with Crippen LogP contribution >= 0.6 is 11.8 Å². The molecular formula is C8H11N7O3S. The molecule has 4 N–H and O–H groups in total. The molecule has 0 aliphatic rings. The molecule has 2 aromatic heterocycles. The van der Waals surface area contributed by atoms with Gasteiger partial charge in [0, 0.05) is 7.11 Å². The Labute approximate surface area is 111 Å². The number of methoxy groups -OCH3 is 1. The van der Waals surface area contributed by atoms with E-state index >= 15 is 0 Å². The number of hydrogen-bond acceptors (Lipinski definition) is 9. The number of thioether (sulfide) groups is 1. The van der Waals surface area contributed by atoms with Crippen molar-refractivity contribution < 1.29 is 13.9 Å². The summed E-state index contributed by atoms with van der Waals surface area (Å²) in [6.45, 7) is 0.189. The summed E-state index contributed by atoms with van der Waals surface area (Å²) in [7, 11) is 1.50. The smallest absolute Gasteiger partial charge is 0.322 e. The van der Waals surface area contributed by atoms with Gasteiger partial charge in [0.05, 0.1) is 5.75 Å². The first-order chi connectivity index (χ1) is 9.17. The Bertz CT molecular complexity index is 554. The maximum atomic E-state index is 11.6.